The summed E-state index contributed by atoms with van der Waals surface area (Å²) in [4.78, 5) is 24.2. The molecule has 1 aliphatic carbocycles. The van der Waals surface area contributed by atoms with Gasteiger partial charge in [0.15, 0.2) is 18.1 Å². The Kier molecular flexibility index (Phi) is 5.71. The van der Waals surface area contributed by atoms with Gasteiger partial charge in [-0.25, -0.2) is 4.79 Å². The van der Waals surface area contributed by atoms with Crippen LogP contribution in [0.2, 0.25) is 5.02 Å². The van der Waals surface area contributed by atoms with Gasteiger partial charge in [-0.05, 0) is 54.2 Å². The molecule has 0 spiro atoms. The van der Waals surface area contributed by atoms with Crippen LogP contribution in [-0.4, -0.2) is 25.3 Å². The Bertz CT molecular complexity index is 972. The summed E-state index contributed by atoms with van der Waals surface area (Å²) in [5.41, 5.74) is 3.06. The van der Waals surface area contributed by atoms with E-state index in [1.165, 1.54) is 11.6 Å². The van der Waals surface area contributed by atoms with Crippen molar-refractivity contribution in [1.82, 2.24) is 5.32 Å². The standard InChI is InChI=1S/C22H20ClNO5/c23-17-10-14(11-19-22(17)29-13-28-19)8-9-21(26)27-12-20(25)24-18-7-3-5-15-4-1-2-6-16(15)18/h1-2,4,6,8-11,18H,3,5,7,12-13H2,(H,24,25)/b9-8+/t18-/m0/s1. The lowest BCUT2D eigenvalue weighted by atomic mass is 9.88. The lowest BCUT2D eigenvalue weighted by Crippen LogP contribution is -2.34. The average molecular weight is 414 g/mol. The first-order chi connectivity index (χ1) is 14.1. The number of benzene rings is 2. The van der Waals surface area contributed by atoms with Crippen molar-refractivity contribution in [3.63, 3.8) is 0 Å². The largest absolute Gasteiger partial charge is 0.454 e. The third kappa shape index (κ3) is 4.54. The molecule has 2 aliphatic rings. The monoisotopic (exact) mass is 413 g/mol. The Balaban J connectivity index is 1.29. The van der Waals surface area contributed by atoms with Crippen molar-refractivity contribution in [2.24, 2.45) is 0 Å². The van der Waals surface area contributed by atoms with Crippen LogP contribution < -0.4 is 14.8 Å². The second-order valence-corrected chi connectivity index (χ2v) is 7.30. The third-order valence-electron chi connectivity index (χ3n) is 4.91. The number of halogens is 1. The SMILES string of the molecule is O=C(COC(=O)/C=C/c1cc(Cl)c2c(c1)OCO2)N[C@H]1CCCc2ccccc21. The Labute approximate surface area is 173 Å². The molecule has 0 radical (unpaired) electrons. The molecule has 1 heterocycles. The molecule has 1 atom stereocenters. The van der Waals surface area contributed by atoms with E-state index in [9.17, 15) is 9.59 Å². The summed E-state index contributed by atoms with van der Waals surface area (Å²) in [6.45, 7) is -0.214. The molecule has 150 valence electrons. The number of esters is 1. The highest BCUT2D eigenvalue weighted by Gasteiger charge is 2.21. The van der Waals surface area contributed by atoms with Crippen molar-refractivity contribution in [3.05, 3.63) is 64.2 Å². The topological polar surface area (TPSA) is 73.9 Å². The molecular formula is C22H20ClNO5. The van der Waals surface area contributed by atoms with Gasteiger partial charge in [-0.2, -0.15) is 0 Å². The summed E-state index contributed by atoms with van der Waals surface area (Å²) >= 11 is 6.11. The first-order valence-corrected chi connectivity index (χ1v) is 9.79. The highest BCUT2D eigenvalue weighted by atomic mass is 35.5. The van der Waals surface area contributed by atoms with Crippen molar-refractivity contribution in [2.75, 3.05) is 13.4 Å². The van der Waals surface area contributed by atoms with Crippen molar-refractivity contribution in [1.29, 1.82) is 0 Å². The first kappa shape index (κ1) is 19.3. The van der Waals surface area contributed by atoms with Gasteiger partial charge in [-0.1, -0.05) is 35.9 Å². The van der Waals surface area contributed by atoms with Gasteiger partial charge in [0.1, 0.15) is 0 Å². The summed E-state index contributed by atoms with van der Waals surface area (Å²) in [5.74, 6) is 0.0857. The van der Waals surface area contributed by atoms with Crippen molar-refractivity contribution >= 4 is 29.6 Å². The lowest BCUT2D eigenvalue weighted by Gasteiger charge is -2.26. The van der Waals surface area contributed by atoms with Gasteiger partial charge in [-0.15, -0.1) is 0 Å². The second kappa shape index (κ2) is 8.57. The minimum Gasteiger partial charge on any atom is -0.454 e. The van der Waals surface area contributed by atoms with Crippen LogP contribution in [0.25, 0.3) is 6.08 Å². The molecule has 0 aromatic heterocycles. The number of fused-ring (bicyclic) bond motifs is 2. The van der Waals surface area contributed by atoms with Crippen LogP contribution in [-0.2, 0) is 20.7 Å². The van der Waals surface area contributed by atoms with Crippen LogP contribution in [0.3, 0.4) is 0 Å². The molecule has 2 aromatic rings. The van der Waals surface area contributed by atoms with Gasteiger partial charge in [0, 0.05) is 6.08 Å². The van der Waals surface area contributed by atoms with Crippen LogP contribution >= 0.6 is 11.6 Å². The van der Waals surface area contributed by atoms with E-state index < -0.39 is 5.97 Å². The zero-order valence-corrected chi connectivity index (χ0v) is 16.4. The number of carbonyl (C=O) groups excluding carboxylic acids is 2. The highest BCUT2D eigenvalue weighted by Crippen LogP contribution is 2.40. The fourth-order valence-corrected chi connectivity index (χ4v) is 3.85. The Hall–Kier alpha value is -2.99. The van der Waals surface area contributed by atoms with Gasteiger partial charge in [0.2, 0.25) is 6.79 Å². The number of amides is 1. The molecule has 0 bridgehead atoms. The van der Waals surface area contributed by atoms with Crippen molar-refractivity contribution < 1.29 is 23.8 Å². The Morgan fingerprint density at radius 3 is 3.00 bits per heavy atom. The minimum absolute atomic E-state index is 0.0440. The number of nitrogens with one attached hydrogen (secondary N) is 1. The van der Waals surface area contributed by atoms with Gasteiger partial charge >= 0.3 is 5.97 Å². The van der Waals surface area contributed by atoms with E-state index in [-0.39, 0.29) is 25.3 Å². The van der Waals surface area contributed by atoms with E-state index in [4.69, 9.17) is 25.8 Å². The van der Waals surface area contributed by atoms with Crippen LogP contribution in [0.1, 0.15) is 35.6 Å². The molecule has 1 N–H and O–H groups in total. The molecule has 7 heteroatoms. The van der Waals surface area contributed by atoms with E-state index in [0.29, 0.717) is 22.1 Å². The van der Waals surface area contributed by atoms with E-state index in [2.05, 4.69) is 11.4 Å². The number of ether oxygens (including phenoxy) is 3. The summed E-state index contributed by atoms with van der Waals surface area (Å²) in [7, 11) is 0. The van der Waals surface area contributed by atoms with Crippen LogP contribution in [0, 0.1) is 0 Å². The molecule has 1 amide bonds. The zero-order chi connectivity index (χ0) is 20.2. The third-order valence-corrected chi connectivity index (χ3v) is 5.19. The number of aryl methyl sites for hydroxylation is 1. The van der Waals surface area contributed by atoms with E-state index in [0.717, 1.165) is 24.8 Å². The molecule has 0 unspecified atom stereocenters. The van der Waals surface area contributed by atoms with Gasteiger partial charge in [0.05, 0.1) is 11.1 Å². The molecule has 0 fully saturated rings. The zero-order valence-electron chi connectivity index (χ0n) is 15.7. The lowest BCUT2D eigenvalue weighted by molar-refractivity contribution is -0.144. The molecule has 1 aliphatic heterocycles. The van der Waals surface area contributed by atoms with Crippen LogP contribution in [0.4, 0.5) is 0 Å². The van der Waals surface area contributed by atoms with E-state index in [1.54, 1.807) is 18.2 Å². The van der Waals surface area contributed by atoms with Crippen molar-refractivity contribution in [3.8, 4) is 11.5 Å². The number of hydrogen-bond acceptors (Lipinski definition) is 5. The summed E-state index contributed by atoms with van der Waals surface area (Å²) in [5, 5.41) is 3.35. The minimum atomic E-state index is -0.613. The molecule has 6 nitrogen and oxygen atoms in total. The summed E-state index contributed by atoms with van der Waals surface area (Å²) in [6, 6.07) is 11.4. The smallest absolute Gasteiger partial charge is 0.331 e. The van der Waals surface area contributed by atoms with Crippen LogP contribution in [0.15, 0.2) is 42.5 Å². The molecule has 4 rings (SSSR count). The maximum absolute atomic E-state index is 12.2. The Morgan fingerprint density at radius 1 is 1.24 bits per heavy atom. The maximum Gasteiger partial charge on any atom is 0.331 e. The van der Waals surface area contributed by atoms with E-state index in [1.807, 2.05) is 18.2 Å². The predicted octanol–water partition coefficient (Wildman–Crippen LogP) is 3.82. The maximum atomic E-state index is 12.2. The predicted molar refractivity (Wildman–Crippen MR) is 108 cm³/mol. The highest BCUT2D eigenvalue weighted by molar-refractivity contribution is 6.32. The van der Waals surface area contributed by atoms with Crippen molar-refractivity contribution in [2.45, 2.75) is 25.3 Å². The van der Waals surface area contributed by atoms with Crippen LogP contribution in [0.5, 0.6) is 11.5 Å². The number of rotatable bonds is 5. The Morgan fingerprint density at radius 2 is 2.10 bits per heavy atom. The molecular weight excluding hydrogens is 394 g/mol. The van der Waals surface area contributed by atoms with Gasteiger partial charge in [0.25, 0.3) is 5.91 Å². The van der Waals surface area contributed by atoms with Gasteiger partial charge in [-0.3, -0.25) is 4.79 Å². The second-order valence-electron chi connectivity index (χ2n) is 6.89. The fourth-order valence-electron chi connectivity index (χ4n) is 3.57. The normalized spacial score (nSPS) is 17.1. The summed E-state index contributed by atoms with van der Waals surface area (Å²) < 4.78 is 15.6. The number of carbonyl (C=O) groups is 2. The molecule has 0 saturated heterocycles. The molecule has 0 saturated carbocycles. The summed E-state index contributed by atoms with van der Waals surface area (Å²) in [6.07, 6.45) is 5.71. The van der Waals surface area contributed by atoms with Gasteiger partial charge < -0.3 is 19.5 Å². The van der Waals surface area contributed by atoms with E-state index >= 15 is 0 Å². The quantitative estimate of drug-likeness (QED) is 0.596. The average Bonchev–Trinajstić information content (AvgIpc) is 3.20. The first-order valence-electron chi connectivity index (χ1n) is 9.41. The molecule has 29 heavy (non-hydrogen) atoms. The molecule has 2 aromatic carbocycles. The fraction of sp³-hybridized carbons (Fsp3) is 0.273. The number of hydrogen-bond donors (Lipinski definition) is 1.